The van der Waals surface area contributed by atoms with Gasteiger partial charge in [0, 0.05) is 13.2 Å². The molecule has 0 aliphatic heterocycles. The van der Waals surface area contributed by atoms with E-state index in [1.807, 2.05) is 0 Å². The standard InChI is InChI=1S/C12H13BrN4O2/c1-19-5-8-10(13)12(18)16-11(15-8)9-4-14-6-17(9)7-2-3-7/h4,6-7H,2-3,5H2,1H3,(H,15,16,18). The Hall–Kier alpha value is -1.47. The van der Waals surface area contributed by atoms with Gasteiger partial charge in [0.1, 0.15) is 10.2 Å². The number of nitrogens with zero attached hydrogens (tertiary/aromatic N) is 3. The Bertz CT molecular complexity index is 660. The molecule has 2 aromatic rings. The third kappa shape index (κ3) is 2.35. The third-order valence-corrected chi connectivity index (χ3v) is 3.88. The van der Waals surface area contributed by atoms with Crippen LogP contribution in [0.25, 0.3) is 11.5 Å². The maximum Gasteiger partial charge on any atom is 0.265 e. The Labute approximate surface area is 118 Å². The molecule has 0 unspecified atom stereocenters. The van der Waals surface area contributed by atoms with Crippen molar-refractivity contribution < 1.29 is 4.74 Å². The highest BCUT2D eigenvalue weighted by molar-refractivity contribution is 9.10. The molecule has 19 heavy (non-hydrogen) atoms. The summed E-state index contributed by atoms with van der Waals surface area (Å²) in [6.07, 6.45) is 5.80. The molecule has 1 saturated carbocycles. The van der Waals surface area contributed by atoms with Gasteiger partial charge in [-0.2, -0.15) is 0 Å². The molecule has 0 spiro atoms. The van der Waals surface area contributed by atoms with E-state index in [0.717, 1.165) is 18.5 Å². The third-order valence-electron chi connectivity index (χ3n) is 3.06. The summed E-state index contributed by atoms with van der Waals surface area (Å²) in [6.45, 7) is 0.287. The van der Waals surface area contributed by atoms with E-state index in [-0.39, 0.29) is 12.2 Å². The van der Waals surface area contributed by atoms with Gasteiger partial charge in [-0.15, -0.1) is 0 Å². The molecular formula is C12H13BrN4O2. The van der Waals surface area contributed by atoms with E-state index in [9.17, 15) is 4.79 Å². The van der Waals surface area contributed by atoms with Gasteiger partial charge in [-0.25, -0.2) is 9.97 Å². The second-order valence-corrected chi connectivity index (χ2v) is 5.32. The number of aromatic amines is 1. The average molecular weight is 325 g/mol. The van der Waals surface area contributed by atoms with Crippen molar-refractivity contribution in [3.05, 3.63) is 33.0 Å². The van der Waals surface area contributed by atoms with Crippen molar-refractivity contribution in [3.63, 3.8) is 0 Å². The number of halogens is 1. The summed E-state index contributed by atoms with van der Waals surface area (Å²) in [4.78, 5) is 23.3. The van der Waals surface area contributed by atoms with Crippen LogP contribution in [0.4, 0.5) is 0 Å². The van der Waals surface area contributed by atoms with E-state index < -0.39 is 0 Å². The van der Waals surface area contributed by atoms with Crippen LogP contribution in [0.1, 0.15) is 24.6 Å². The molecule has 0 radical (unpaired) electrons. The van der Waals surface area contributed by atoms with Crippen molar-refractivity contribution in [2.24, 2.45) is 0 Å². The van der Waals surface area contributed by atoms with Crippen LogP contribution in [0.5, 0.6) is 0 Å². The maximum absolute atomic E-state index is 11.9. The van der Waals surface area contributed by atoms with Crippen LogP contribution in [0, 0.1) is 0 Å². The van der Waals surface area contributed by atoms with E-state index in [2.05, 4.69) is 35.4 Å². The number of imidazole rings is 1. The van der Waals surface area contributed by atoms with E-state index >= 15 is 0 Å². The Morgan fingerprint density at radius 1 is 1.58 bits per heavy atom. The number of nitrogens with one attached hydrogen (secondary N) is 1. The van der Waals surface area contributed by atoms with Crippen LogP contribution in [-0.4, -0.2) is 26.6 Å². The van der Waals surface area contributed by atoms with Crippen LogP contribution in [0.15, 0.2) is 21.8 Å². The van der Waals surface area contributed by atoms with Crippen molar-refractivity contribution in [2.45, 2.75) is 25.5 Å². The Morgan fingerprint density at radius 3 is 3.05 bits per heavy atom. The molecule has 7 heteroatoms. The predicted octanol–water partition coefficient (Wildman–Crippen LogP) is 1.88. The Balaban J connectivity index is 2.09. The summed E-state index contributed by atoms with van der Waals surface area (Å²) in [5.74, 6) is 0.532. The molecule has 2 aromatic heterocycles. The molecule has 2 heterocycles. The van der Waals surface area contributed by atoms with Gasteiger partial charge < -0.3 is 14.3 Å². The predicted molar refractivity (Wildman–Crippen MR) is 72.8 cm³/mol. The SMILES string of the molecule is COCc1nc(-c2cncn2C2CC2)[nH]c(=O)c1Br. The zero-order valence-corrected chi connectivity index (χ0v) is 12.0. The summed E-state index contributed by atoms with van der Waals surface area (Å²) in [5.41, 5.74) is 1.22. The van der Waals surface area contributed by atoms with Crippen molar-refractivity contribution in [1.29, 1.82) is 0 Å². The summed E-state index contributed by atoms with van der Waals surface area (Å²) in [7, 11) is 1.57. The minimum atomic E-state index is -0.208. The molecular weight excluding hydrogens is 312 g/mol. The highest BCUT2D eigenvalue weighted by atomic mass is 79.9. The Morgan fingerprint density at radius 2 is 2.37 bits per heavy atom. The van der Waals surface area contributed by atoms with Crippen molar-refractivity contribution in [2.75, 3.05) is 7.11 Å². The lowest BCUT2D eigenvalue weighted by molar-refractivity contribution is 0.180. The fourth-order valence-corrected chi connectivity index (χ4v) is 2.29. The van der Waals surface area contributed by atoms with E-state index in [4.69, 9.17) is 4.74 Å². The molecule has 0 aromatic carbocycles. The largest absolute Gasteiger partial charge is 0.378 e. The smallest absolute Gasteiger partial charge is 0.265 e. The fourth-order valence-electron chi connectivity index (χ4n) is 1.99. The number of hydrogen-bond donors (Lipinski definition) is 1. The fraction of sp³-hybridized carbons (Fsp3) is 0.417. The summed E-state index contributed by atoms with van der Waals surface area (Å²) in [6, 6.07) is 0.484. The minimum Gasteiger partial charge on any atom is -0.378 e. The molecule has 0 saturated heterocycles. The monoisotopic (exact) mass is 324 g/mol. The lowest BCUT2D eigenvalue weighted by atomic mass is 10.3. The number of methoxy groups -OCH3 is 1. The van der Waals surface area contributed by atoms with Crippen LogP contribution in [-0.2, 0) is 11.3 Å². The molecule has 1 N–H and O–H groups in total. The van der Waals surface area contributed by atoms with Gasteiger partial charge in [-0.05, 0) is 28.8 Å². The molecule has 1 fully saturated rings. The van der Waals surface area contributed by atoms with Crippen LogP contribution < -0.4 is 5.56 Å². The van der Waals surface area contributed by atoms with E-state index in [0.29, 0.717) is 22.0 Å². The normalized spacial score (nSPS) is 14.8. The molecule has 0 amide bonds. The highest BCUT2D eigenvalue weighted by Crippen LogP contribution is 2.37. The van der Waals surface area contributed by atoms with Gasteiger partial charge >= 0.3 is 0 Å². The van der Waals surface area contributed by atoms with E-state index in [1.54, 1.807) is 19.6 Å². The zero-order chi connectivity index (χ0) is 13.4. The molecule has 1 aliphatic rings. The number of aromatic nitrogens is 4. The van der Waals surface area contributed by atoms with Crippen molar-refractivity contribution in [3.8, 4) is 11.5 Å². The van der Waals surface area contributed by atoms with Crippen LogP contribution in [0.2, 0.25) is 0 Å². The number of hydrogen-bond acceptors (Lipinski definition) is 4. The lowest BCUT2D eigenvalue weighted by Gasteiger charge is -2.08. The first-order chi connectivity index (χ1) is 9.20. The second kappa shape index (κ2) is 4.90. The maximum atomic E-state index is 11.9. The van der Waals surface area contributed by atoms with Crippen molar-refractivity contribution in [1.82, 2.24) is 19.5 Å². The second-order valence-electron chi connectivity index (χ2n) is 4.53. The molecule has 0 atom stereocenters. The lowest BCUT2D eigenvalue weighted by Crippen LogP contribution is -2.15. The zero-order valence-electron chi connectivity index (χ0n) is 10.4. The molecule has 100 valence electrons. The molecule has 6 nitrogen and oxygen atoms in total. The topological polar surface area (TPSA) is 72.8 Å². The molecule has 0 bridgehead atoms. The van der Waals surface area contributed by atoms with Gasteiger partial charge in [0.25, 0.3) is 5.56 Å². The van der Waals surface area contributed by atoms with E-state index in [1.165, 1.54) is 0 Å². The number of H-pyrrole nitrogens is 1. The van der Waals surface area contributed by atoms with Crippen molar-refractivity contribution >= 4 is 15.9 Å². The quantitative estimate of drug-likeness (QED) is 0.931. The van der Waals surface area contributed by atoms with Gasteiger partial charge in [0.2, 0.25) is 0 Å². The summed E-state index contributed by atoms with van der Waals surface area (Å²) >= 11 is 3.23. The van der Waals surface area contributed by atoms with Crippen LogP contribution in [0.3, 0.4) is 0 Å². The first-order valence-electron chi connectivity index (χ1n) is 6.00. The number of rotatable bonds is 4. The first kappa shape index (κ1) is 12.6. The van der Waals surface area contributed by atoms with Gasteiger partial charge in [0.05, 0.1) is 24.8 Å². The summed E-state index contributed by atoms with van der Waals surface area (Å²) in [5, 5.41) is 0. The van der Waals surface area contributed by atoms with Gasteiger partial charge in [-0.1, -0.05) is 0 Å². The summed E-state index contributed by atoms with van der Waals surface area (Å²) < 4.78 is 7.53. The van der Waals surface area contributed by atoms with Gasteiger partial charge in [-0.3, -0.25) is 4.79 Å². The highest BCUT2D eigenvalue weighted by Gasteiger charge is 2.26. The first-order valence-corrected chi connectivity index (χ1v) is 6.80. The van der Waals surface area contributed by atoms with Gasteiger partial charge in [0.15, 0.2) is 5.82 Å². The van der Waals surface area contributed by atoms with Crippen LogP contribution >= 0.6 is 15.9 Å². The molecule has 3 rings (SSSR count). The average Bonchev–Trinajstić information content (AvgIpc) is 3.12. The number of ether oxygens (including phenoxy) is 1. The minimum absolute atomic E-state index is 0.208. The molecule has 1 aliphatic carbocycles. The Kier molecular flexibility index (Phi) is 3.24.